The zero-order chi connectivity index (χ0) is 37.0. The Balaban J connectivity index is 1.12. The first kappa shape index (κ1) is 31.8. The Hall–Kier alpha value is -7.70. The highest BCUT2D eigenvalue weighted by molar-refractivity contribution is 6.15. The van der Waals surface area contributed by atoms with Crippen LogP contribution in [0.2, 0.25) is 0 Å². The van der Waals surface area contributed by atoms with Crippen molar-refractivity contribution in [3.63, 3.8) is 0 Å². The maximum atomic E-state index is 5.05. The van der Waals surface area contributed by atoms with Gasteiger partial charge in [0.1, 0.15) is 5.65 Å². The second-order valence-electron chi connectivity index (χ2n) is 13.9. The number of fused-ring (bicyclic) bond motifs is 6. The highest BCUT2D eigenvalue weighted by Gasteiger charge is 2.20. The number of benzene rings is 7. The number of aromatic nitrogens is 6. The summed E-state index contributed by atoms with van der Waals surface area (Å²) in [6.45, 7) is 0. The van der Waals surface area contributed by atoms with Crippen LogP contribution in [-0.4, -0.2) is 29.1 Å². The average Bonchev–Trinajstić information content (AvgIpc) is 3.80. The van der Waals surface area contributed by atoms with E-state index >= 15 is 0 Å². The predicted octanol–water partition coefficient (Wildman–Crippen LogP) is 12.1. The van der Waals surface area contributed by atoms with Gasteiger partial charge in [0.15, 0.2) is 17.5 Å². The van der Waals surface area contributed by atoms with Gasteiger partial charge in [-0.25, -0.2) is 19.9 Å². The van der Waals surface area contributed by atoms with Gasteiger partial charge in [-0.2, -0.15) is 0 Å². The van der Waals surface area contributed by atoms with E-state index in [9.17, 15) is 0 Å². The molecule has 6 nitrogen and oxygen atoms in total. The van der Waals surface area contributed by atoms with Crippen molar-refractivity contribution >= 4 is 43.7 Å². The summed E-state index contributed by atoms with van der Waals surface area (Å²) in [4.78, 5) is 19.9. The first-order valence-electron chi connectivity index (χ1n) is 18.7. The third kappa shape index (κ3) is 5.19. The molecule has 0 aliphatic rings. The molecule has 0 unspecified atom stereocenters. The first-order chi connectivity index (χ1) is 27.8. The molecule has 0 aliphatic heterocycles. The zero-order valence-electron chi connectivity index (χ0n) is 30.2. The van der Waals surface area contributed by atoms with Gasteiger partial charge >= 0.3 is 0 Å². The van der Waals surface area contributed by atoms with Crippen LogP contribution in [0.5, 0.6) is 0 Å². The maximum absolute atomic E-state index is 5.05. The Kier molecular flexibility index (Phi) is 7.38. The van der Waals surface area contributed by atoms with E-state index in [1.165, 1.54) is 10.8 Å². The smallest absolute Gasteiger partial charge is 0.164 e. The van der Waals surface area contributed by atoms with E-state index in [1.807, 2.05) is 79.0 Å². The van der Waals surface area contributed by atoms with Crippen molar-refractivity contribution < 1.29 is 0 Å². The van der Waals surface area contributed by atoms with Crippen LogP contribution in [0.3, 0.4) is 0 Å². The molecule has 6 heteroatoms. The largest absolute Gasteiger partial charge is 0.309 e. The van der Waals surface area contributed by atoms with Gasteiger partial charge in [0.2, 0.25) is 0 Å². The van der Waals surface area contributed by atoms with Crippen LogP contribution in [-0.2, 0) is 0 Å². The van der Waals surface area contributed by atoms with Crippen LogP contribution in [0.1, 0.15) is 0 Å². The van der Waals surface area contributed by atoms with Gasteiger partial charge in [-0.3, -0.25) is 4.57 Å². The summed E-state index contributed by atoms with van der Waals surface area (Å²) < 4.78 is 4.64. The molecule has 0 radical (unpaired) electrons. The fourth-order valence-electron chi connectivity index (χ4n) is 8.09. The fraction of sp³-hybridized carbons (Fsp3) is 0. The Morgan fingerprint density at radius 2 is 0.911 bits per heavy atom. The molecule has 0 amide bonds. The average molecular weight is 717 g/mol. The van der Waals surface area contributed by atoms with Crippen molar-refractivity contribution in [3.8, 4) is 56.7 Å². The summed E-state index contributed by atoms with van der Waals surface area (Å²) >= 11 is 0. The third-order valence-corrected chi connectivity index (χ3v) is 10.6. The van der Waals surface area contributed by atoms with Gasteiger partial charge in [0, 0.05) is 61.4 Å². The predicted molar refractivity (Wildman–Crippen MR) is 228 cm³/mol. The van der Waals surface area contributed by atoms with E-state index in [4.69, 9.17) is 19.9 Å². The highest BCUT2D eigenvalue weighted by atomic mass is 15.1. The summed E-state index contributed by atoms with van der Waals surface area (Å²) in [5, 5.41) is 4.67. The summed E-state index contributed by atoms with van der Waals surface area (Å²) in [5.74, 6) is 1.89. The molecule has 56 heavy (non-hydrogen) atoms. The lowest BCUT2D eigenvalue weighted by Gasteiger charge is -2.14. The van der Waals surface area contributed by atoms with E-state index in [1.54, 1.807) is 0 Å². The van der Waals surface area contributed by atoms with Gasteiger partial charge in [0.25, 0.3) is 0 Å². The number of hydrogen-bond acceptors (Lipinski definition) is 4. The quantitative estimate of drug-likeness (QED) is 0.172. The molecule has 11 rings (SSSR count). The Morgan fingerprint density at radius 3 is 1.66 bits per heavy atom. The van der Waals surface area contributed by atoms with E-state index < -0.39 is 0 Å². The normalized spacial score (nSPS) is 11.6. The zero-order valence-corrected chi connectivity index (χ0v) is 30.2. The Morgan fingerprint density at radius 1 is 0.339 bits per heavy atom. The van der Waals surface area contributed by atoms with Crippen molar-refractivity contribution in [2.45, 2.75) is 0 Å². The molecule has 0 N–H and O–H groups in total. The first-order valence-corrected chi connectivity index (χ1v) is 18.7. The van der Waals surface area contributed by atoms with Gasteiger partial charge in [-0.15, -0.1) is 0 Å². The van der Waals surface area contributed by atoms with Gasteiger partial charge in [0.05, 0.1) is 16.6 Å². The second kappa shape index (κ2) is 13.0. The molecule has 0 saturated carbocycles. The molecule has 0 bridgehead atoms. The standard InChI is InChI=1S/C50H32N6/c1-4-15-33(16-5-1)47-52-48(34-17-6-2-7-18-34)54-49(53-47)36-19-12-22-38(31-36)55-44-27-11-10-23-40(44)41-25-13-24-39(46(41)55)35-28-29-45-43(32-35)42-26-14-30-51-50(42)56(45)37-20-8-3-9-21-37/h1-32H. The van der Waals surface area contributed by atoms with Crippen molar-refractivity contribution in [2.75, 3.05) is 0 Å². The van der Waals surface area contributed by atoms with Gasteiger partial charge < -0.3 is 4.57 Å². The molecule has 0 spiro atoms. The number of rotatable bonds is 6. The van der Waals surface area contributed by atoms with Crippen LogP contribution in [0, 0.1) is 0 Å². The van der Waals surface area contributed by atoms with Gasteiger partial charge in [-0.05, 0) is 60.2 Å². The lowest BCUT2D eigenvalue weighted by atomic mass is 10.00. The van der Waals surface area contributed by atoms with Gasteiger partial charge in [-0.1, -0.05) is 133 Å². The second-order valence-corrected chi connectivity index (χ2v) is 13.9. The number of para-hydroxylation sites is 3. The molecular weight excluding hydrogens is 685 g/mol. The van der Waals surface area contributed by atoms with Crippen LogP contribution in [0.25, 0.3) is 100 Å². The van der Waals surface area contributed by atoms with E-state index in [0.717, 1.165) is 72.2 Å². The summed E-state index contributed by atoms with van der Waals surface area (Å²) in [6.07, 6.45) is 1.87. The minimum absolute atomic E-state index is 0.620. The van der Waals surface area contributed by atoms with E-state index in [-0.39, 0.29) is 0 Å². The van der Waals surface area contributed by atoms with Crippen LogP contribution in [0.4, 0.5) is 0 Å². The number of nitrogens with zero attached hydrogens (tertiary/aromatic N) is 6. The third-order valence-electron chi connectivity index (χ3n) is 10.6. The summed E-state index contributed by atoms with van der Waals surface area (Å²) in [5.41, 5.74) is 11.5. The van der Waals surface area contributed by atoms with Crippen LogP contribution in [0.15, 0.2) is 194 Å². The minimum Gasteiger partial charge on any atom is -0.309 e. The van der Waals surface area contributed by atoms with Crippen molar-refractivity contribution in [1.29, 1.82) is 0 Å². The number of hydrogen-bond donors (Lipinski definition) is 0. The van der Waals surface area contributed by atoms with Crippen molar-refractivity contribution in [1.82, 2.24) is 29.1 Å². The topological polar surface area (TPSA) is 61.4 Å². The molecule has 7 aromatic carbocycles. The fourth-order valence-corrected chi connectivity index (χ4v) is 8.09. The molecule has 262 valence electrons. The lowest BCUT2D eigenvalue weighted by Crippen LogP contribution is -2.01. The van der Waals surface area contributed by atoms with Crippen LogP contribution >= 0.6 is 0 Å². The highest BCUT2D eigenvalue weighted by Crippen LogP contribution is 2.41. The summed E-state index contributed by atoms with van der Waals surface area (Å²) in [6, 6.07) is 65.5. The maximum Gasteiger partial charge on any atom is 0.164 e. The van der Waals surface area contributed by atoms with E-state index in [0.29, 0.717) is 17.5 Å². The van der Waals surface area contributed by atoms with Crippen molar-refractivity contribution in [3.05, 3.63) is 194 Å². The minimum atomic E-state index is 0.620. The van der Waals surface area contributed by atoms with Crippen molar-refractivity contribution in [2.24, 2.45) is 0 Å². The monoisotopic (exact) mass is 716 g/mol. The SMILES string of the molecule is c1ccc(-c2nc(-c3ccccc3)nc(-c3cccc(-n4c5ccccc5c5cccc(-c6ccc7c(c6)c6cccnc6n7-c6ccccc6)c54)c3)n2)cc1. The molecule has 0 aliphatic carbocycles. The Bertz CT molecular complexity index is 3180. The van der Waals surface area contributed by atoms with Crippen LogP contribution < -0.4 is 0 Å². The molecular formula is C50H32N6. The number of pyridine rings is 1. The Labute approximate surface area is 322 Å². The summed E-state index contributed by atoms with van der Waals surface area (Å²) in [7, 11) is 0. The molecule has 0 saturated heterocycles. The molecule has 4 heterocycles. The molecule has 4 aromatic heterocycles. The molecule has 11 aromatic rings. The van der Waals surface area contributed by atoms with E-state index in [2.05, 4.69) is 124 Å². The molecule has 0 fully saturated rings. The molecule has 0 atom stereocenters. The lowest BCUT2D eigenvalue weighted by molar-refractivity contribution is 1.07.